The highest BCUT2D eigenvalue weighted by molar-refractivity contribution is 8.00. The van der Waals surface area contributed by atoms with Gasteiger partial charge in [-0.25, -0.2) is 4.39 Å². The Morgan fingerprint density at radius 1 is 1.15 bits per heavy atom. The van der Waals surface area contributed by atoms with Crippen molar-refractivity contribution in [2.24, 2.45) is 0 Å². The third-order valence-corrected chi connectivity index (χ3v) is 5.87. The van der Waals surface area contributed by atoms with Crippen LogP contribution in [-0.2, 0) is 9.59 Å². The minimum atomic E-state index is -0.285. The van der Waals surface area contributed by atoms with Crippen LogP contribution in [0.1, 0.15) is 12.8 Å². The predicted molar refractivity (Wildman–Crippen MR) is 99.7 cm³/mol. The van der Waals surface area contributed by atoms with Crippen LogP contribution in [0.3, 0.4) is 0 Å². The molecule has 2 fully saturated rings. The number of halogens is 1. The van der Waals surface area contributed by atoms with Gasteiger partial charge in [0.25, 0.3) is 0 Å². The second-order valence-electron chi connectivity index (χ2n) is 6.44. The summed E-state index contributed by atoms with van der Waals surface area (Å²) in [7, 11) is 0. The molecule has 140 valence electrons. The molecule has 0 N–H and O–H groups in total. The number of amides is 2. The molecule has 1 aromatic carbocycles. The van der Waals surface area contributed by atoms with Crippen LogP contribution in [-0.4, -0.2) is 64.9 Å². The number of carbonyl (C=O) groups excluding carboxylic acids is 2. The average molecular weight is 378 g/mol. The van der Waals surface area contributed by atoms with Crippen molar-refractivity contribution in [2.45, 2.75) is 24.2 Å². The van der Waals surface area contributed by atoms with Crippen molar-refractivity contribution in [2.75, 3.05) is 31.9 Å². The zero-order valence-corrected chi connectivity index (χ0v) is 15.4. The summed E-state index contributed by atoms with van der Waals surface area (Å²) in [4.78, 5) is 28.1. The zero-order valence-electron chi connectivity index (χ0n) is 14.6. The fraction of sp³-hybridized carbons (Fsp3) is 0.474. The SMILES string of the molecule is C=CC(=O)N1CCSC(C(=O)N2CCC(Oc3ccc(F)cc3)CC2)C1. The summed E-state index contributed by atoms with van der Waals surface area (Å²) in [6.45, 7) is 5.89. The lowest BCUT2D eigenvalue weighted by molar-refractivity contribution is -0.133. The van der Waals surface area contributed by atoms with E-state index in [1.54, 1.807) is 28.8 Å². The number of hydrogen-bond donors (Lipinski definition) is 0. The van der Waals surface area contributed by atoms with Gasteiger partial charge in [0.1, 0.15) is 22.9 Å². The van der Waals surface area contributed by atoms with Crippen LogP contribution in [0.25, 0.3) is 0 Å². The molecule has 0 radical (unpaired) electrons. The van der Waals surface area contributed by atoms with Gasteiger partial charge in [-0.2, -0.15) is 0 Å². The molecule has 2 heterocycles. The molecule has 3 rings (SSSR count). The molecule has 0 saturated carbocycles. The van der Waals surface area contributed by atoms with Crippen molar-refractivity contribution in [3.8, 4) is 5.75 Å². The van der Waals surface area contributed by atoms with E-state index in [2.05, 4.69) is 6.58 Å². The third-order valence-electron chi connectivity index (χ3n) is 4.70. The molecule has 1 aromatic rings. The quantitative estimate of drug-likeness (QED) is 0.755. The number of hydrogen-bond acceptors (Lipinski definition) is 4. The predicted octanol–water partition coefficient (Wildman–Crippen LogP) is 2.33. The Morgan fingerprint density at radius 2 is 1.85 bits per heavy atom. The Labute approximate surface area is 157 Å². The molecule has 0 aliphatic carbocycles. The van der Waals surface area contributed by atoms with E-state index in [1.807, 2.05) is 4.90 Å². The first-order valence-electron chi connectivity index (χ1n) is 8.81. The molecule has 1 unspecified atom stereocenters. The first-order chi connectivity index (χ1) is 12.6. The van der Waals surface area contributed by atoms with Crippen LogP contribution in [0.2, 0.25) is 0 Å². The maximum absolute atomic E-state index is 13.0. The molecule has 0 bridgehead atoms. The molecule has 2 saturated heterocycles. The number of ether oxygens (including phenoxy) is 1. The standard InChI is InChI=1S/C19H23FN2O3S/c1-2-18(23)22-11-12-26-17(13-22)19(24)21-9-7-16(8-10-21)25-15-5-3-14(20)4-6-15/h2-6,16-17H,1,7-13H2. The van der Waals surface area contributed by atoms with E-state index in [0.29, 0.717) is 31.9 Å². The number of piperidine rings is 1. The molecule has 2 amide bonds. The normalized spacial score (nSPS) is 21.3. The van der Waals surface area contributed by atoms with Crippen molar-refractivity contribution in [3.63, 3.8) is 0 Å². The molecule has 0 spiro atoms. The lowest BCUT2D eigenvalue weighted by atomic mass is 10.1. The summed E-state index contributed by atoms with van der Waals surface area (Å²) >= 11 is 1.62. The van der Waals surface area contributed by atoms with E-state index in [9.17, 15) is 14.0 Å². The topological polar surface area (TPSA) is 49.9 Å². The van der Waals surface area contributed by atoms with Gasteiger partial charge in [-0.1, -0.05) is 6.58 Å². The summed E-state index contributed by atoms with van der Waals surface area (Å²) < 4.78 is 18.8. The van der Waals surface area contributed by atoms with Gasteiger partial charge < -0.3 is 14.5 Å². The van der Waals surface area contributed by atoms with Crippen LogP contribution in [0.4, 0.5) is 4.39 Å². The zero-order chi connectivity index (χ0) is 18.5. The van der Waals surface area contributed by atoms with Gasteiger partial charge in [-0.15, -0.1) is 11.8 Å². The molecule has 5 nitrogen and oxygen atoms in total. The Kier molecular flexibility index (Phi) is 6.19. The monoisotopic (exact) mass is 378 g/mol. The van der Waals surface area contributed by atoms with E-state index in [1.165, 1.54) is 18.2 Å². The molecular weight excluding hydrogens is 355 g/mol. The van der Waals surface area contributed by atoms with E-state index in [-0.39, 0.29) is 29.0 Å². The minimum absolute atomic E-state index is 0.0300. The van der Waals surface area contributed by atoms with Crippen molar-refractivity contribution in [1.29, 1.82) is 0 Å². The second-order valence-corrected chi connectivity index (χ2v) is 7.75. The second kappa shape index (κ2) is 8.58. The maximum Gasteiger partial charge on any atom is 0.246 e. The van der Waals surface area contributed by atoms with Gasteiger partial charge in [-0.05, 0) is 30.3 Å². The number of likely N-dealkylation sites (tertiary alicyclic amines) is 1. The van der Waals surface area contributed by atoms with Gasteiger partial charge in [0.2, 0.25) is 11.8 Å². The van der Waals surface area contributed by atoms with Gasteiger partial charge in [-0.3, -0.25) is 9.59 Å². The van der Waals surface area contributed by atoms with Crippen molar-refractivity contribution in [1.82, 2.24) is 9.80 Å². The van der Waals surface area contributed by atoms with Gasteiger partial charge in [0.15, 0.2) is 0 Å². The highest BCUT2D eigenvalue weighted by Gasteiger charge is 2.33. The Morgan fingerprint density at radius 3 is 2.50 bits per heavy atom. The smallest absolute Gasteiger partial charge is 0.246 e. The molecule has 1 atom stereocenters. The van der Waals surface area contributed by atoms with E-state index >= 15 is 0 Å². The molecule has 2 aliphatic heterocycles. The van der Waals surface area contributed by atoms with E-state index < -0.39 is 0 Å². The summed E-state index contributed by atoms with van der Waals surface area (Å²) in [5.74, 6) is 1.11. The first kappa shape index (κ1) is 18.8. The van der Waals surface area contributed by atoms with Gasteiger partial charge in [0.05, 0.1) is 0 Å². The van der Waals surface area contributed by atoms with Crippen molar-refractivity contribution < 1.29 is 18.7 Å². The highest BCUT2D eigenvalue weighted by atomic mass is 32.2. The number of nitrogens with zero attached hydrogens (tertiary/aromatic N) is 2. The number of rotatable bonds is 4. The van der Waals surface area contributed by atoms with Crippen LogP contribution < -0.4 is 4.74 Å². The fourth-order valence-corrected chi connectivity index (χ4v) is 4.42. The molecule has 0 aromatic heterocycles. The lowest BCUT2D eigenvalue weighted by Gasteiger charge is -2.37. The van der Waals surface area contributed by atoms with E-state index in [4.69, 9.17) is 4.74 Å². The largest absolute Gasteiger partial charge is 0.490 e. The minimum Gasteiger partial charge on any atom is -0.490 e. The van der Waals surface area contributed by atoms with Gasteiger partial charge in [0, 0.05) is 44.8 Å². The number of thioether (sulfide) groups is 1. The van der Waals surface area contributed by atoms with Crippen molar-refractivity contribution in [3.05, 3.63) is 42.7 Å². The molecular formula is C19H23FN2O3S. The molecule has 7 heteroatoms. The van der Waals surface area contributed by atoms with Crippen LogP contribution in [0, 0.1) is 5.82 Å². The molecule has 26 heavy (non-hydrogen) atoms. The summed E-state index contributed by atoms with van der Waals surface area (Å²) in [6, 6.07) is 6.00. The lowest BCUT2D eigenvalue weighted by Crippen LogP contribution is -2.51. The average Bonchev–Trinajstić information content (AvgIpc) is 2.69. The summed E-state index contributed by atoms with van der Waals surface area (Å²) in [5, 5.41) is -0.206. The number of benzene rings is 1. The van der Waals surface area contributed by atoms with E-state index in [0.717, 1.165) is 18.6 Å². The number of carbonyl (C=O) groups is 2. The van der Waals surface area contributed by atoms with Gasteiger partial charge >= 0.3 is 0 Å². The van der Waals surface area contributed by atoms with Crippen LogP contribution in [0.15, 0.2) is 36.9 Å². The fourth-order valence-electron chi connectivity index (χ4n) is 3.23. The maximum atomic E-state index is 13.0. The highest BCUT2D eigenvalue weighted by Crippen LogP contribution is 2.24. The summed E-state index contributed by atoms with van der Waals surface area (Å²) in [6.07, 6.45) is 2.82. The Balaban J connectivity index is 1.49. The molecule has 2 aliphatic rings. The van der Waals surface area contributed by atoms with Crippen LogP contribution in [0.5, 0.6) is 5.75 Å². The summed E-state index contributed by atoms with van der Waals surface area (Å²) in [5.41, 5.74) is 0. The first-order valence-corrected chi connectivity index (χ1v) is 9.85. The van der Waals surface area contributed by atoms with Crippen molar-refractivity contribution >= 4 is 23.6 Å². The van der Waals surface area contributed by atoms with Crippen LogP contribution >= 0.6 is 11.8 Å². The third kappa shape index (κ3) is 4.58. The Bertz CT molecular complexity index is 659. The Hall–Kier alpha value is -2.02.